The highest BCUT2D eigenvalue weighted by Crippen LogP contribution is 2.24. The smallest absolute Gasteiger partial charge is 0.257 e. The van der Waals surface area contributed by atoms with Gasteiger partial charge in [-0.05, 0) is 18.1 Å². The molecule has 0 aliphatic heterocycles. The Labute approximate surface area is 118 Å². The van der Waals surface area contributed by atoms with Gasteiger partial charge in [0, 0.05) is 12.6 Å². The Kier molecular flexibility index (Phi) is 5.83. The summed E-state index contributed by atoms with van der Waals surface area (Å²) in [5.74, 6) is 0.239. The van der Waals surface area contributed by atoms with Gasteiger partial charge in [-0.1, -0.05) is 13.8 Å². The standard InChI is InChI=1S/C14H20N2O4/c1-9(2)7-16-13(17)8-20-12-6-10(19-3)4-5-11(12)14(15)18/h4-6,9H,7-8H2,1-3H3,(H2,15,18)(H,16,17). The second-order valence-corrected chi connectivity index (χ2v) is 4.71. The van der Waals surface area contributed by atoms with E-state index in [4.69, 9.17) is 15.2 Å². The van der Waals surface area contributed by atoms with Crippen molar-refractivity contribution in [1.82, 2.24) is 5.32 Å². The molecule has 0 fully saturated rings. The first-order valence-corrected chi connectivity index (χ1v) is 6.31. The third-order valence-corrected chi connectivity index (χ3v) is 2.52. The van der Waals surface area contributed by atoms with E-state index in [0.29, 0.717) is 18.2 Å². The lowest BCUT2D eigenvalue weighted by Gasteiger charge is -2.12. The maximum Gasteiger partial charge on any atom is 0.257 e. The van der Waals surface area contributed by atoms with Gasteiger partial charge in [-0.2, -0.15) is 0 Å². The van der Waals surface area contributed by atoms with Crippen LogP contribution in [-0.2, 0) is 4.79 Å². The number of benzene rings is 1. The first kappa shape index (κ1) is 15.8. The van der Waals surface area contributed by atoms with E-state index in [-0.39, 0.29) is 23.8 Å². The molecule has 2 amide bonds. The molecule has 0 aliphatic carbocycles. The van der Waals surface area contributed by atoms with Crippen molar-refractivity contribution in [3.05, 3.63) is 23.8 Å². The summed E-state index contributed by atoms with van der Waals surface area (Å²) in [4.78, 5) is 22.9. The maximum atomic E-state index is 11.6. The van der Waals surface area contributed by atoms with Crippen LogP contribution in [0.15, 0.2) is 18.2 Å². The lowest BCUT2D eigenvalue weighted by Crippen LogP contribution is -2.32. The lowest BCUT2D eigenvalue weighted by atomic mass is 10.2. The lowest BCUT2D eigenvalue weighted by molar-refractivity contribution is -0.123. The topological polar surface area (TPSA) is 90.7 Å². The van der Waals surface area contributed by atoms with E-state index in [1.54, 1.807) is 6.07 Å². The molecule has 6 heteroatoms. The molecule has 0 saturated carbocycles. The molecule has 3 N–H and O–H groups in total. The third-order valence-electron chi connectivity index (χ3n) is 2.52. The van der Waals surface area contributed by atoms with E-state index < -0.39 is 5.91 Å². The highest BCUT2D eigenvalue weighted by atomic mass is 16.5. The highest BCUT2D eigenvalue weighted by Gasteiger charge is 2.12. The van der Waals surface area contributed by atoms with Crippen LogP contribution in [0.3, 0.4) is 0 Å². The number of methoxy groups -OCH3 is 1. The van der Waals surface area contributed by atoms with Crippen molar-refractivity contribution in [3.63, 3.8) is 0 Å². The zero-order valence-electron chi connectivity index (χ0n) is 11.9. The summed E-state index contributed by atoms with van der Waals surface area (Å²) in [5.41, 5.74) is 5.46. The molecule has 0 saturated heterocycles. The molecule has 0 aliphatic rings. The number of primary amides is 1. The van der Waals surface area contributed by atoms with Crippen molar-refractivity contribution >= 4 is 11.8 Å². The van der Waals surface area contributed by atoms with Gasteiger partial charge < -0.3 is 20.5 Å². The Bertz CT molecular complexity index is 486. The summed E-state index contributed by atoms with van der Waals surface area (Å²) < 4.78 is 10.4. The number of nitrogens with two attached hydrogens (primary N) is 1. The van der Waals surface area contributed by atoms with Crippen LogP contribution >= 0.6 is 0 Å². The number of carbonyl (C=O) groups is 2. The van der Waals surface area contributed by atoms with E-state index >= 15 is 0 Å². The van der Waals surface area contributed by atoms with Gasteiger partial charge in [-0.25, -0.2) is 0 Å². The third kappa shape index (κ3) is 4.79. The van der Waals surface area contributed by atoms with Crippen molar-refractivity contribution in [1.29, 1.82) is 0 Å². The van der Waals surface area contributed by atoms with Gasteiger partial charge in [0.25, 0.3) is 11.8 Å². The normalized spacial score (nSPS) is 10.2. The number of carbonyl (C=O) groups excluding carboxylic acids is 2. The van der Waals surface area contributed by atoms with Crippen LogP contribution in [0, 0.1) is 5.92 Å². The van der Waals surface area contributed by atoms with Crippen LogP contribution in [0.25, 0.3) is 0 Å². The van der Waals surface area contributed by atoms with Crippen molar-refractivity contribution in [2.24, 2.45) is 11.7 Å². The largest absolute Gasteiger partial charge is 0.497 e. The molecule has 20 heavy (non-hydrogen) atoms. The van der Waals surface area contributed by atoms with Crippen LogP contribution < -0.4 is 20.5 Å². The average molecular weight is 280 g/mol. The number of amides is 2. The van der Waals surface area contributed by atoms with E-state index in [2.05, 4.69) is 5.32 Å². The van der Waals surface area contributed by atoms with Gasteiger partial charge in [-0.15, -0.1) is 0 Å². The SMILES string of the molecule is COc1ccc(C(N)=O)c(OCC(=O)NCC(C)C)c1. The quantitative estimate of drug-likeness (QED) is 0.778. The number of hydrogen-bond donors (Lipinski definition) is 2. The molecular weight excluding hydrogens is 260 g/mol. The van der Waals surface area contributed by atoms with Crippen molar-refractivity contribution in [3.8, 4) is 11.5 Å². The average Bonchev–Trinajstić information content (AvgIpc) is 2.42. The number of rotatable bonds is 7. The number of nitrogens with one attached hydrogen (secondary N) is 1. The molecule has 1 aromatic rings. The Hall–Kier alpha value is -2.24. The number of ether oxygens (including phenoxy) is 2. The molecule has 0 radical (unpaired) electrons. The van der Waals surface area contributed by atoms with Crippen LogP contribution in [0.4, 0.5) is 0 Å². The molecule has 0 bridgehead atoms. The van der Waals surface area contributed by atoms with Gasteiger partial charge in [0.15, 0.2) is 6.61 Å². The summed E-state index contributed by atoms with van der Waals surface area (Å²) in [5, 5.41) is 2.72. The second-order valence-electron chi connectivity index (χ2n) is 4.71. The molecule has 110 valence electrons. The molecule has 0 spiro atoms. The van der Waals surface area contributed by atoms with Gasteiger partial charge in [0.1, 0.15) is 11.5 Å². The van der Waals surface area contributed by atoms with Crippen LogP contribution in [-0.4, -0.2) is 32.1 Å². The number of hydrogen-bond acceptors (Lipinski definition) is 4. The van der Waals surface area contributed by atoms with E-state index in [1.807, 2.05) is 13.8 Å². The van der Waals surface area contributed by atoms with Gasteiger partial charge in [-0.3, -0.25) is 9.59 Å². The molecule has 1 rings (SSSR count). The fraction of sp³-hybridized carbons (Fsp3) is 0.429. The first-order valence-electron chi connectivity index (χ1n) is 6.31. The van der Waals surface area contributed by atoms with Gasteiger partial charge >= 0.3 is 0 Å². The Morgan fingerprint density at radius 1 is 1.35 bits per heavy atom. The molecule has 1 aromatic carbocycles. The molecule has 6 nitrogen and oxygen atoms in total. The summed E-state index contributed by atoms with van der Waals surface area (Å²) >= 11 is 0. The predicted molar refractivity (Wildman–Crippen MR) is 74.9 cm³/mol. The molecular formula is C14H20N2O4. The van der Waals surface area contributed by atoms with Crippen molar-refractivity contribution in [2.75, 3.05) is 20.3 Å². The summed E-state index contributed by atoms with van der Waals surface area (Å²) in [7, 11) is 1.50. The summed E-state index contributed by atoms with van der Waals surface area (Å²) in [6.45, 7) is 4.38. The van der Waals surface area contributed by atoms with E-state index in [1.165, 1.54) is 19.2 Å². The second kappa shape index (κ2) is 7.37. The van der Waals surface area contributed by atoms with Crippen molar-refractivity contribution < 1.29 is 19.1 Å². The van der Waals surface area contributed by atoms with Crippen LogP contribution in [0.1, 0.15) is 24.2 Å². The fourth-order valence-corrected chi connectivity index (χ4v) is 1.46. The molecule has 0 aromatic heterocycles. The Morgan fingerprint density at radius 2 is 2.05 bits per heavy atom. The summed E-state index contributed by atoms with van der Waals surface area (Å²) in [6, 6.07) is 4.63. The van der Waals surface area contributed by atoms with E-state index in [0.717, 1.165) is 0 Å². The molecule has 0 unspecified atom stereocenters. The first-order chi connectivity index (χ1) is 9.43. The van der Waals surface area contributed by atoms with Gasteiger partial charge in [0.2, 0.25) is 0 Å². The zero-order chi connectivity index (χ0) is 15.1. The minimum Gasteiger partial charge on any atom is -0.497 e. The maximum absolute atomic E-state index is 11.6. The molecule has 0 atom stereocenters. The monoisotopic (exact) mass is 280 g/mol. The predicted octanol–water partition coefficient (Wildman–Crippen LogP) is 0.945. The minimum absolute atomic E-state index is 0.180. The van der Waals surface area contributed by atoms with Crippen LogP contribution in [0.5, 0.6) is 11.5 Å². The van der Waals surface area contributed by atoms with Crippen LogP contribution in [0.2, 0.25) is 0 Å². The van der Waals surface area contributed by atoms with Gasteiger partial charge in [0.05, 0.1) is 12.7 Å². The molecule has 0 heterocycles. The Morgan fingerprint density at radius 3 is 2.60 bits per heavy atom. The summed E-state index contributed by atoms with van der Waals surface area (Å²) in [6.07, 6.45) is 0. The Balaban J connectivity index is 2.70. The fourth-order valence-electron chi connectivity index (χ4n) is 1.46. The van der Waals surface area contributed by atoms with E-state index in [9.17, 15) is 9.59 Å². The zero-order valence-corrected chi connectivity index (χ0v) is 11.9. The highest BCUT2D eigenvalue weighted by molar-refractivity contribution is 5.96. The van der Waals surface area contributed by atoms with Crippen molar-refractivity contribution in [2.45, 2.75) is 13.8 Å². The minimum atomic E-state index is -0.620.